The van der Waals surface area contributed by atoms with Crippen molar-refractivity contribution >= 4 is 27.6 Å². The molecule has 0 amide bonds. The Bertz CT molecular complexity index is 966. The highest BCUT2D eigenvalue weighted by Gasteiger charge is 2.24. The summed E-state index contributed by atoms with van der Waals surface area (Å²) in [5.41, 5.74) is 3.09. The van der Waals surface area contributed by atoms with Crippen LogP contribution in [0.4, 0.5) is 5.95 Å². The number of hydrogen-bond acceptors (Lipinski definition) is 5. The van der Waals surface area contributed by atoms with Gasteiger partial charge in [-0.3, -0.25) is 0 Å². The van der Waals surface area contributed by atoms with Gasteiger partial charge in [-0.2, -0.15) is 10.1 Å². The van der Waals surface area contributed by atoms with Crippen LogP contribution in [0.2, 0.25) is 0 Å². The average molecular weight is 413 g/mol. The van der Waals surface area contributed by atoms with E-state index in [1.54, 1.807) is 20.5 Å². The predicted octanol–water partition coefficient (Wildman–Crippen LogP) is 4.11. The summed E-state index contributed by atoms with van der Waals surface area (Å²) in [5.74, 6) is 2.08. The van der Waals surface area contributed by atoms with E-state index in [4.69, 9.17) is 9.47 Å². The van der Waals surface area contributed by atoms with Gasteiger partial charge in [-0.25, -0.2) is 4.68 Å². The summed E-state index contributed by atoms with van der Waals surface area (Å²) in [7, 11) is 3.26. The molecule has 6 nitrogen and oxygen atoms in total. The molecule has 0 bridgehead atoms. The van der Waals surface area contributed by atoms with E-state index in [9.17, 15) is 0 Å². The summed E-state index contributed by atoms with van der Waals surface area (Å²) in [4.78, 5) is 4.34. The molecule has 26 heavy (non-hydrogen) atoms. The van der Waals surface area contributed by atoms with E-state index in [1.807, 2.05) is 35.0 Å². The normalized spacial score (nSPS) is 15.7. The molecule has 0 saturated heterocycles. The van der Waals surface area contributed by atoms with Crippen molar-refractivity contribution in [3.05, 3.63) is 70.5 Å². The van der Waals surface area contributed by atoms with Crippen molar-refractivity contribution in [2.24, 2.45) is 0 Å². The van der Waals surface area contributed by atoms with Crippen LogP contribution in [0.15, 0.2) is 59.3 Å². The second-order valence-corrected chi connectivity index (χ2v) is 6.72. The maximum Gasteiger partial charge on any atom is 0.226 e. The molecule has 4 rings (SSSR count). The van der Waals surface area contributed by atoms with Gasteiger partial charge in [-0.15, -0.1) is 0 Å². The van der Waals surface area contributed by atoms with Crippen molar-refractivity contribution in [1.29, 1.82) is 0 Å². The molecule has 0 spiro atoms. The standard InChI is InChI=1S/C19H17BrN4O2/c1-25-17-8-5-13(9-18(17)26-2)16-10-15(12-3-6-14(20)7-4-12)23-19-21-11-22-24(16)19/h3-11,16H,1-2H3,(H,21,22,23)/t16-/m1/s1. The number of aromatic nitrogens is 3. The van der Waals surface area contributed by atoms with Crippen LogP contribution in [0.1, 0.15) is 17.2 Å². The largest absolute Gasteiger partial charge is 0.493 e. The molecule has 2 heterocycles. The summed E-state index contributed by atoms with van der Waals surface area (Å²) >= 11 is 3.47. The minimum absolute atomic E-state index is 0.104. The van der Waals surface area contributed by atoms with Crippen LogP contribution in [0.25, 0.3) is 5.70 Å². The van der Waals surface area contributed by atoms with E-state index < -0.39 is 0 Å². The Labute approximate surface area is 159 Å². The molecule has 0 fully saturated rings. The lowest BCUT2D eigenvalue weighted by Gasteiger charge is -2.25. The quantitative estimate of drug-likeness (QED) is 0.698. The zero-order chi connectivity index (χ0) is 18.1. The first kappa shape index (κ1) is 16.7. The zero-order valence-electron chi connectivity index (χ0n) is 14.3. The second kappa shape index (κ2) is 6.84. The third-order valence-corrected chi connectivity index (χ3v) is 4.84. The maximum atomic E-state index is 5.45. The number of allylic oxidation sites excluding steroid dienone is 1. The van der Waals surface area contributed by atoms with Crippen molar-refractivity contribution in [3.8, 4) is 11.5 Å². The van der Waals surface area contributed by atoms with E-state index in [0.717, 1.165) is 21.3 Å². The number of nitrogens with one attached hydrogen (secondary N) is 1. The summed E-state index contributed by atoms with van der Waals surface area (Å²) < 4.78 is 13.7. The molecule has 0 saturated carbocycles. The van der Waals surface area contributed by atoms with Gasteiger partial charge in [0.15, 0.2) is 11.5 Å². The third-order valence-electron chi connectivity index (χ3n) is 4.31. The third kappa shape index (κ3) is 2.94. The Hall–Kier alpha value is -2.80. The molecule has 1 aromatic heterocycles. The molecule has 1 atom stereocenters. The molecule has 1 N–H and O–H groups in total. The molecule has 0 aliphatic carbocycles. The number of ether oxygens (including phenoxy) is 2. The van der Waals surface area contributed by atoms with E-state index in [0.29, 0.717) is 17.4 Å². The number of benzene rings is 2. The summed E-state index contributed by atoms with van der Waals surface area (Å²) in [6, 6.07) is 13.9. The van der Waals surface area contributed by atoms with Crippen LogP contribution in [-0.2, 0) is 0 Å². The molecule has 0 radical (unpaired) electrons. The predicted molar refractivity (Wildman–Crippen MR) is 103 cm³/mol. The number of methoxy groups -OCH3 is 2. The fraction of sp³-hybridized carbons (Fsp3) is 0.158. The molecule has 1 aliphatic rings. The number of fused-ring (bicyclic) bond motifs is 1. The molecular weight excluding hydrogens is 396 g/mol. The van der Waals surface area contributed by atoms with Crippen LogP contribution in [-0.4, -0.2) is 29.0 Å². The van der Waals surface area contributed by atoms with Gasteiger partial charge >= 0.3 is 0 Å². The van der Waals surface area contributed by atoms with Crippen LogP contribution < -0.4 is 14.8 Å². The number of nitrogens with zero attached hydrogens (tertiary/aromatic N) is 3. The van der Waals surface area contributed by atoms with E-state index in [-0.39, 0.29) is 6.04 Å². The van der Waals surface area contributed by atoms with Gasteiger partial charge in [0.2, 0.25) is 5.95 Å². The van der Waals surface area contributed by atoms with E-state index in [1.165, 1.54) is 0 Å². The van der Waals surface area contributed by atoms with Gasteiger partial charge in [0.25, 0.3) is 0 Å². The monoisotopic (exact) mass is 412 g/mol. The van der Waals surface area contributed by atoms with Gasteiger partial charge in [-0.05, 0) is 41.5 Å². The first-order chi connectivity index (χ1) is 12.7. The Morgan fingerprint density at radius 1 is 1.04 bits per heavy atom. The number of anilines is 1. The van der Waals surface area contributed by atoms with Crippen LogP contribution in [0.5, 0.6) is 11.5 Å². The number of rotatable bonds is 4. The van der Waals surface area contributed by atoms with E-state index >= 15 is 0 Å². The molecule has 1 aliphatic heterocycles. The molecular formula is C19H17BrN4O2. The fourth-order valence-corrected chi connectivity index (χ4v) is 3.27. The summed E-state index contributed by atoms with van der Waals surface area (Å²) in [6.45, 7) is 0. The van der Waals surface area contributed by atoms with Crippen LogP contribution in [0.3, 0.4) is 0 Å². The van der Waals surface area contributed by atoms with Crippen molar-refractivity contribution in [1.82, 2.24) is 14.8 Å². The second-order valence-electron chi connectivity index (χ2n) is 5.80. The lowest BCUT2D eigenvalue weighted by Crippen LogP contribution is -2.20. The highest BCUT2D eigenvalue weighted by Crippen LogP contribution is 2.36. The van der Waals surface area contributed by atoms with Gasteiger partial charge in [-0.1, -0.05) is 34.1 Å². The Morgan fingerprint density at radius 2 is 1.81 bits per heavy atom. The first-order valence-electron chi connectivity index (χ1n) is 8.06. The summed E-state index contributed by atoms with van der Waals surface area (Å²) in [6.07, 6.45) is 3.68. The van der Waals surface area contributed by atoms with E-state index in [2.05, 4.69) is 49.5 Å². The summed E-state index contributed by atoms with van der Waals surface area (Å²) in [5, 5.41) is 7.72. The average Bonchev–Trinajstić information content (AvgIpc) is 3.16. The lowest BCUT2D eigenvalue weighted by molar-refractivity contribution is 0.354. The van der Waals surface area contributed by atoms with Crippen LogP contribution >= 0.6 is 15.9 Å². The minimum atomic E-state index is -0.104. The highest BCUT2D eigenvalue weighted by atomic mass is 79.9. The molecule has 132 valence electrons. The van der Waals surface area contributed by atoms with Crippen molar-refractivity contribution in [3.63, 3.8) is 0 Å². The van der Waals surface area contributed by atoms with Gasteiger partial charge < -0.3 is 14.8 Å². The SMILES string of the molecule is COc1ccc([C@H]2C=C(c3ccc(Br)cc3)Nc3ncnn32)cc1OC. The molecule has 3 aromatic rings. The molecule has 0 unspecified atom stereocenters. The van der Waals surface area contributed by atoms with Gasteiger partial charge in [0.05, 0.1) is 14.2 Å². The van der Waals surface area contributed by atoms with Crippen molar-refractivity contribution in [2.75, 3.05) is 19.5 Å². The molecule has 7 heteroatoms. The lowest BCUT2D eigenvalue weighted by atomic mass is 10.0. The Balaban J connectivity index is 1.80. The fourth-order valence-electron chi connectivity index (χ4n) is 3.01. The Morgan fingerprint density at radius 3 is 2.54 bits per heavy atom. The zero-order valence-corrected chi connectivity index (χ0v) is 15.9. The number of halogens is 1. The van der Waals surface area contributed by atoms with Gasteiger partial charge in [0, 0.05) is 10.2 Å². The highest BCUT2D eigenvalue weighted by molar-refractivity contribution is 9.10. The topological polar surface area (TPSA) is 61.2 Å². The smallest absolute Gasteiger partial charge is 0.226 e. The number of hydrogen-bond donors (Lipinski definition) is 1. The minimum Gasteiger partial charge on any atom is -0.493 e. The first-order valence-corrected chi connectivity index (χ1v) is 8.85. The van der Waals surface area contributed by atoms with Crippen molar-refractivity contribution < 1.29 is 9.47 Å². The van der Waals surface area contributed by atoms with Gasteiger partial charge in [0.1, 0.15) is 12.4 Å². The van der Waals surface area contributed by atoms with Crippen molar-refractivity contribution in [2.45, 2.75) is 6.04 Å². The maximum absolute atomic E-state index is 5.45. The Kier molecular flexibility index (Phi) is 4.38. The van der Waals surface area contributed by atoms with Crippen LogP contribution in [0, 0.1) is 0 Å². The molecule has 2 aromatic carbocycles.